The average molecular weight is 326 g/mol. The Labute approximate surface area is 139 Å². The molecule has 23 heavy (non-hydrogen) atoms. The van der Waals surface area contributed by atoms with E-state index in [-0.39, 0.29) is 0 Å². The van der Waals surface area contributed by atoms with Crippen molar-refractivity contribution in [3.8, 4) is 23.1 Å². The molecule has 6 heteroatoms. The Morgan fingerprint density at radius 1 is 1.26 bits per heavy atom. The van der Waals surface area contributed by atoms with Crippen LogP contribution >= 0.6 is 11.3 Å². The summed E-state index contributed by atoms with van der Waals surface area (Å²) in [5.41, 5.74) is 2.07. The highest BCUT2D eigenvalue weighted by molar-refractivity contribution is 7.16. The Balaban J connectivity index is 1.97. The van der Waals surface area contributed by atoms with Gasteiger partial charge in [-0.1, -0.05) is 24.7 Å². The summed E-state index contributed by atoms with van der Waals surface area (Å²) in [7, 11) is 0. The van der Waals surface area contributed by atoms with Crippen molar-refractivity contribution in [2.24, 2.45) is 0 Å². The molecule has 1 aromatic carbocycles. The zero-order chi connectivity index (χ0) is 16.2. The minimum Gasteiger partial charge on any atom is -0.494 e. The highest BCUT2D eigenvalue weighted by atomic mass is 32.1. The predicted molar refractivity (Wildman–Crippen MR) is 90.8 cm³/mol. The van der Waals surface area contributed by atoms with E-state index in [0.29, 0.717) is 18.0 Å². The molecule has 0 saturated heterocycles. The molecule has 118 valence electrons. The number of fused-ring (bicyclic) bond motifs is 1. The van der Waals surface area contributed by atoms with Gasteiger partial charge in [0.05, 0.1) is 6.61 Å². The highest BCUT2D eigenvalue weighted by Crippen LogP contribution is 2.28. The molecular weight excluding hydrogens is 308 g/mol. The molecule has 0 spiro atoms. The van der Waals surface area contributed by atoms with E-state index in [2.05, 4.69) is 23.1 Å². The van der Waals surface area contributed by atoms with Crippen molar-refractivity contribution >= 4 is 16.3 Å². The van der Waals surface area contributed by atoms with Gasteiger partial charge in [0.2, 0.25) is 4.96 Å². The first-order valence-electron chi connectivity index (χ1n) is 7.78. The van der Waals surface area contributed by atoms with Gasteiger partial charge >= 0.3 is 0 Å². The summed E-state index contributed by atoms with van der Waals surface area (Å²) in [5, 5.41) is 15.1. The maximum Gasteiger partial charge on any atom is 0.214 e. The normalized spacial score (nSPS) is 10.8. The first kappa shape index (κ1) is 15.5. The Morgan fingerprint density at radius 2 is 2.04 bits per heavy atom. The number of benzene rings is 1. The molecule has 0 atom stereocenters. The molecule has 0 N–H and O–H groups in total. The number of hydrogen-bond acceptors (Lipinski definition) is 5. The van der Waals surface area contributed by atoms with Crippen LogP contribution in [0.3, 0.4) is 0 Å². The molecule has 0 saturated carbocycles. The lowest BCUT2D eigenvalue weighted by Gasteiger charge is -2.03. The number of hydrogen-bond donors (Lipinski definition) is 0. The van der Waals surface area contributed by atoms with E-state index < -0.39 is 0 Å². The second-order valence-electron chi connectivity index (χ2n) is 5.17. The molecule has 2 heterocycles. The largest absolute Gasteiger partial charge is 0.494 e. The van der Waals surface area contributed by atoms with Crippen LogP contribution in [0.25, 0.3) is 16.2 Å². The summed E-state index contributed by atoms with van der Waals surface area (Å²) in [4.78, 5) is 5.39. The van der Waals surface area contributed by atoms with Crippen molar-refractivity contribution in [3.05, 3.63) is 35.0 Å². The van der Waals surface area contributed by atoms with Crippen molar-refractivity contribution in [3.63, 3.8) is 0 Å². The van der Waals surface area contributed by atoms with Crippen LogP contribution < -0.4 is 4.74 Å². The Bertz CT molecular complexity index is 842. The molecule has 0 aliphatic carbocycles. The van der Waals surface area contributed by atoms with Gasteiger partial charge in [0.25, 0.3) is 0 Å². The van der Waals surface area contributed by atoms with Crippen molar-refractivity contribution in [2.45, 2.75) is 33.1 Å². The van der Waals surface area contributed by atoms with Gasteiger partial charge < -0.3 is 4.74 Å². The summed E-state index contributed by atoms with van der Waals surface area (Å²) in [6.07, 6.45) is 3.17. The third kappa shape index (κ3) is 3.06. The highest BCUT2D eigenvalue weighted by Gasteiger charge is 2.17. The van der Waals surface area contributed by atoms with E-state index in [1.807, 2.05) is 31.2 Å². The van der Waals surface area contributed by atoms with Crippen LogP contribution in [0.5, 0.6) is 5.75 Å². The second kappa shape index (κ2) is 6.80. The zero-order valence-electron chi connectivity index (χ0n) is 13.2. The molecule has 0 aliphatic rings. The van der Waals surface area contributed by atoms with Crippen LogP contribution in [0.1, 0.15) is 37.4 Å². The number of nitriles is 1. The monoisotopic (exact) mass is 326 g/mol. The van der Waals surface area contributed by atoms with Crippen LogP contribution in [0.4, 0.5) is 0 Å². The van der Waals surface area contributed by atoms with Gasteiger partial charge in [-0.3, -0.25) is 0 Å². The maximum absolute atomic E-state index is 9.52. The van der Waals surface area contributed by atoms with Crippen LogP contribution in [0, 0.1) is 11.3 Å². The average Bonchev–Trinajstić information content (AvgIpc) is 3.11. The van der Waals surface area contributed by atoms with E-state index in [9.17, 15) is 5.26 Å². The quantitative estimate of drug-likeness (QED) is 0.685. The van der Waals surface area contributed by atoms with Crippen LogP contribution in [-0.4, -0.2) is 21.2 Å². The minimum atomic E-state index is 0.489. The van der Waals surface area contributed by atoms with Gasteiger partial charge in [-0.2, -0.15) is 14.9 Å². The first-order valence-corrected chi connectivity index (χ1v) is 8.60. The SMILES string of the molecule is CCCCc1nn2c(C#N)c(-c3ccc(OCC)cc3)nc2s1. The number of ether oxygens (including phenoxy) is 1. The molecule has 0 aliphatic heterocycles. The number of unbranched alkanes of at least 4 members (excludes halogenated alkanes) is 1. The maximum atomic E-state index is 9.52. The van der Waals surface area contributed by atoms with Crippen LogP contribution in [-0.2, 0) is 6.42 Å². The van der Waals surface area contributed by atoms with Crippen molar-refractivity contribution in [2.75, 3.05) is 6.61 Å². The fourth-order valence-electron chi connectivity index (χ4n) is 2.39. The van der Waals surface area contributed by atoms with E-state index in [0.717, 1.165) is 40.5 Å². The summed E-state index contributed by atoms with van der Waals surface area (Å²) < 4.78 is 7.12. The second-order valence-corrected chi connectivity index (χ2v) is 6.21. The molecule has 0 bridgehead atoms. The lowest BCUT2D eigenvalue weighted by molar-refractivity contribution is 0.340. The fraction of sp³-hybridized carbons (Fsp3) is 0.353. The third-order valence-corrected chi connectivity index (χ3v) is 4.50. The molecule has 0 radical (unpaired) electrons. The van der Waals surface area contributed by atoms with Gasteiger partial charge in [0.1, 0.15) is 22.5 Å². The van der Waals surface area contributed by atoms with E-state index in [1.165, 1.54) is 0 Å². The van der Waals surface area contributed by atoms with Gasteiger partial charge in [0.15, 0.2) is 5.69 Å². The lowest BCUT2D eigenvalue weighted by atomic mass is 10.1. The minimum absolute atomic E-state index is 0.489. The topological polar surface area (TPSA) is 63.2 Å². The summed E-state index contributed by atoms with van der Waals surface area (Å²) in [5.74, 6) is 0.816. The molecule has 0 amide bonds. The molecule has 0 fully saturated rings. The van der Waals surface area contributed by atoms with Crippen molar-refractivity contribution in [1.82, 2.24) is 14.6 Å². The lowest BCUT2D eigenvalue weighted by Crippen LogP contribution is -1.93. The van der Waals surface area contributed by atoms with Gasteiger partial charge in [0, 0.05) is 12.0 Å². The standard InChI is InChI=1S/C17H18N4OS/c1-3-5-6-15-20-21-14(11-18)16(19-17(21)23-15)12-7-9-13(10-8-12)22-4-2/h7-10H,3-6H2,1-2H3. The summed E-state index contributed by atoms with van der Waals surface area (Å²) in [6, 6.07) is 9.89. The number of imidazole rings is 1. The molecule has 0 unspecified atom stereocenters. The van der Waals surface area contributed by atoms with Crippen LogP contribution in [0.2, 0.25) is 0 Å². The smallest absolute Gasteiger partial charge is 0.214 e. The Hall–Kier alpha value is -2.39. The molecular formula is C17H18N4OS. The van der Waals surface area contributed by atoms with Crippen molar-refractivity contribution in [1.29, 1.82) is 5.26 Å². The van der Waals surface area contributed by atoms with E-state index in [4.69, 9.17) is 4.74 Å². The zero-order valence-corrected chi connectivity index (χ0v) is 14.1. The summed E-state index contributed by atoms with van der Waals surface area (Å²) in [6.45, 7) is 4.74. The number of aromatic nitrogens is 3. The fourth-order valence-corrected chi connectivity index (χ4v) is 3.33. The molecule has 5 nitrogen and oxygen atoms in total. The Kier molecular flexibility index (Phi) is 4.58. The first-order chi connectivity index (χ1) is 11.3. The molecule has 3 aromatic rings. The number of rotatable bonds is 6. The van der Waals surface area contributed by atoms with Gasteiger partial charge in [-0.25, -0.2) is 4.98 Å². The number of aryl methyl sites for hydroxylation is 1. The van der Waals surface area contributed by atoms with Crippen LogP contribution in [0.15, 0.2) is 24.3 Å². The number of nitrogens with zero attached hydrogens (tertiary/aromatic N) is 4. The van der Waals surface area contributed by atoms with E-state index >= 15 is 0 Å². The van der Waals surface area contributed by atoms with Gasteiger partial charge in [-0.15, -0.1) is 0 Å². The predicted octanol–water partition coefficient (Wildman–Crippen LogP) is 4.07. The molecule has 2 aromatic heterocycles. The van der Waals surface area contributed by atoms with Gasteiger partial charge in [-0.05, 0) is 37.6 Å². The van der Waals surface area contributed by atoms with E-state index in [1.54, 1.807) is 15.9 Å². The third-order valence-electron chi connectivity index (χ3n) is 3.53. The molecule has 3 rings (SSSR count). The summed E-state index contributed by atoms with van der Waals surface area (Å²) >= 11 is 1.56. The van der Waals surface area contributed by atoms with Crippen molar-refractivity contribution < 1.29 is 4.74 Å². The Morgan fingerprint density at radius 3 is 2.70 bits per heavy atom.